The van der Waals surface area contributed by atoms with Crippen molar-refractivity contribution in [1.82, 2.24) is 9.46 Å². The summed E-state index contributed by atoms with van der Waals surface area (Å²) in [6.07, 6.45) is -1.61. The van der Waals surface area contributed by atoms with Gasteiger partial charge in [-0.25, -0.2) is 17.2 Å². The van der Waals surface area contributed by atoms with E-state index in [1.54, 1.807) is 0 Å². The number of aliphatic hydroxyl groups is 1. The lowest BCUT2D eigenvalue weighted by atomic mass is 10.5. The van der Waals surface area contributed by atoms with Gasteiger partial charge < -0.3 is 9.63 Å². The summed E-state index contributed by atoms with van der Waals surface area (Å²) < 4.78 is 52.8. The van der Waals surface area contributed by atoms with E-state index in [4.69, 9.17) is 5.11 Å². The SMILES string of the molecule is O=S(=O)(Cc1ccon1)N(CCO)CC(F)F. The van der Waals surface area contributed by atoms with E-state index >= 15 is 0 Å². The second-order valence-electron chi connectivity index (χ2n) is 3.22. The Morgan fingerprint density at radius 1 is 1.53 bits per heavy atom. The van der Waals surface area contributed by atoms with Crippen molar-refractivity contribution in [3.63, 3.8) is 0 Å². The van der Waals surface area contributed by atoms with E-state index in [0.29, 0.717) is 4.31 Å². The number of nitrogens with zero attached hydrogens (tertiary/aromatic N) is 2. The minimum absolute atomic E-state index is 0.127. The Kier molecular flexibility index (Phi) is 4.97. The summed E-state index contributed by atoms with van der Waals surface area (Å²) in [5.74, 6) is -0.532. The first-order valence-corrected chi connectivity index (χ1v) is 6.32. The summed E-state index contributed by atoms with van der Waals surface area (Å²) in [7, 11) is -3.93. The Balaban J connectivity index is 2.76. The fourth-order valence-corrected chi connectivity index (χ4v) is 2.60. The van der Waals surface area contributed by atoms with E-state index in [-0.39, 0.29) is 12.2 Å². The third-order valence-corrected chi connectivity index (χ3v) is 3.68. The number of aromatic nitrogens is 1. The van der Waals surface area contributed by atoms with Gasteiger partial charge in [-0.1, -0.05) is 5.16 Å². The number of aliphatic hydroxyl groups excluding tert-OH is 1. The molecule has 0 fully saturated rings. The molecule has 0 spiro atoms. The summed E-state index contributed by atoms with van der Waals surface area (Å²) in [6, 6.07) is 1.33. The van der Waals surface area contributed by atoms with Crippen LogP contribution in [-0.4, -0.2) is 49.1 Å². The number of rotatable bonds is 7. The van der Waals surface area contributed by atoms with Crippen LogP contribution >= 0.6 is 0 Å². The minimum atomic E-state index is -3.93. The maximum absolute atomic E-state index is 12.2. The third kappa shape index (κ3) is 4.36. The lowest BCUT2D eigenvalue weighted by Crippen LogP contribution is -2.38. The largest absolute Gasteiger partial charge is 0.395 e. The van der Waals surface area contributed by atoms with Crippen molar-refractivity contribution in [2.24, 2.45) is 0 Å². The molecule has 1 aromatic rings. The molecule has 0 saturated heterocycles. The molecule has 17 heavy (non-hydrogen) atoms. The Labute approximate surface area is 96.9 Å². The predicted octanol–water partition coefficient (Wildman–Crippen LogP) is 0.0638. The molecule has 0 atom stereocenters. The highest BCUT2D eigenvalue weighted by Crippen LogP contribution is 2.11. The molecule has 6 nitrogen and oxygen atoms in total. The van der Waals surface area contributed by atoms with Crippen LogP contribution in [0.2, 0.25) is 0 Å². The van der Waals surface area contributed by atoms with Gasteiger partial charge in [0.2, 0.25) is 10.0 Å². The standard InChI is InChI=1S/C8H12F2N2O4S/c9-8(10)5-12(2-3-13)17(14,15)6-7-1-4-16-11-7/h1,4,8,13H,2-3,5-6H2. The zero-order valence-electron chi connectivity index (χ0n) is 8.79. The van der Waals surface area contributed by atoms with E-state index in [9.17, 15) is 17.2 Å². The van der Waals surface area contributed by atoms with Gasteiger partial charge in [0.15, 0.2) is 0 Å². The Morgan fingerprint density at radius 2 is 2.24 bits per heavy atom. The number of halogens is 2. The molecular formula is C8H12F2N2O4S. The molecule has 1 aromatic heterocycles. The predicted molar refractivity (Wildman–Crippen MR) is 53.8 cm³/mol. The van der Waals surface area contributed by atoms with Crippen molar-refractivity contribution in [3.05, 3.63) is 18.0 Å². The molecule has 0 unspecified atom stereocenters. The first kappa shape index (κ1) is 14.0. The number of sulfonamides is 1. The van der Waals surface area contributed by atoms with Crippen molar-refractivity contribution >= 4 is 10.0 Å². The molecule has 1 heterocycles. The summed E-state index contributed by atoms with van der Waals surface area (Å²) in [5, 5.41) is 12.0. The van der Waals surface area contributed by atoms with Crippen LogP contribution in [0.1, 0.15) is 5.69 Å². The van der Waals surface area contributed by atoms with Gasteiger partial charge in [0, 0.05) is 12.6 Å². The fourth-order valence-electron chi connectivity index (χ4n) is 1.20. The molecule has 0 bridgehead atoms. The second-order valence-corrected chi connectivity index (χ2v) is 5.19. The van der Waals surface area contributed by atoms with Crippen LogP contribution in [-0.2, 0) is 15.8 Å². The quantitative estimate of drug-likeness (QED) is 0.757. The molecule has 0 radical (unpaired) electrons. The first-order valence-electron chi connectivity index (χ1n) is 4.72. The molecule has 9 heteroatoms. The number of hydrogen-bond acceptors (Lipinski definition) is 5. The molecule has 0 aliphatic rings. The third-order valence-electron chi connectivity index (χ3n) is 1.91. The summed E-state index contributed by atoms with van der Waals surface area (Å²) in [6.45, 7) is -1.84. The topological polar surface area (TPSA) is 83.6 Å². The zero-order valence-corrected chi connectivity index (χ0v) is 9.61. The summed E-state index contributed by atoms with van der Waals surface area (Å²) in [4.78, 5) is 0. The number of hydrogen-bond donors (Lipinski definition) is 1. The van der Waals surface area contributed by atoms with E-state index in [0.717, 1.165) is 0 Å². The average Bonchev–Trinajstić information content (AvgIpc) is 2.68. The van der Waals surface area contributed by atoms with Gasteiger partial charge >= 0.3 is 0 Å². The van der Waals surface area contributed by atoms with Gasteiger partial charge in [-0.15, -0.1) is 0 Å². The van der Waals surface area contributed by atoms with Gasteiger partial charge in [0.05, 0.1) is 18.8 Å². The molecule has 1 N–H and O–H groups in total. The zero-order chi connectivity index (χ0) is 12.9. The Morgan fingerprint density at radius 3 is 2.71 bits per heavy atom. The van der Waals surface area contributed by atoms with Crippen LogP contribution in [0.25, 0.3) is 0 Å². The Hall–Kier alpha value is -1.06. The Bertz CT molecular complexity index is 421. The van der Waals surface area contributed by atoms with Crippen LogP contribution in [0, 0.1) is 0 Å². The highest BCUT2D eigenvalue weighted by molar-refractivity contribution is 7.88. The van der Waals surface area contributed by atoms with Crippen LogP contribution in [0.15, 0.2) is 16.9 Å². The molecular weight excluding hydrogens is 258 g/mol. The highest BCUT2D eigenvalue weighted by atomic mass is 32.2. The molecule has 0 aromatic carbocycles. The lowest BCUT2D eigenvalue weighted by molar-refractivity contribution is 0.113. The fraction of sp³-hybridized carbons (Fsp3) is 0.625. The lowest BCUT2D eigenvalue weighted by Gasteiger charge is -2.19. The van der Waals surface area contributed by atoms with Crippen molar-refractivity contribution in [2.75, 3.05) is 19.7 Å². The second kappa shape index (κ2) is 6.03. The number of alkyl halides is 2. The summed E-state index contributed by atoms with van der Waals surface area (Å²) >= 11 is 0. The van der Waals surface area contributed by atoms with E-state index in [2.05, 4.69) is 9.68 Å². The van der Waals surface area contributed by atoms with Crippen molar-refractivity contribution in [2.45, 2.75) is 12.2 Å². The smallest absolute Gasteiger partial charge is 0.252 e. The normalized spacial score (nSPS) is 12.5. The van der Waals surface area contributed by atoms with Crippen molar-refractivity contribution in [3.8, 4) is 0 Å². The van der Waals surface area contributed by atoms with Gasteiger partial charge in [-0.3, -0.25) is 0 Å². The molecule has 0 amide bonds. The van der Waals surface area contributed by atoms with Crippen LogP contribution < -0.4 is 0 Å². The van der Waals surface area contributed by atoms with Gasteiger partial charge in [-0.05, 0) is 0 Å². The van der Waals surface area contributed by atoms with Crippen molar-refractivity contribution in [1.29, 1.82) is 0 Å². The van der Waals surface area contributed by atoms with Gasteiger partial charge in [0.25, 0.3) is 6.43 Å². The molecule has 98 valence electrons. The van der Waals surface area contributed by atoms with E-state index < -0.39 is 35.4 Å². The van der Waals surface area contributed by atoms with Crippen molar-refractivity contribution < 1.29 is 26.8 Å². The molecule has 0 saturated carbocycles. The van der Waals surface area contributed by atoms with Gasteiger partial charge in [0.1, 0.15) is 12.0 Å². The van der Waals surface area contributed by atoms with Crippen LogP contribution in [0.3, 0.4) is 0 Å². The first-order chi connectivity index (χ1) is 7.95. The average molecular weight is 270 g/mol. The van der Waals surface area contributed by atoms with E-state index in [1.807, 2.05) is 0 Å². The van der Waals surface area contributed by atoms with Crippen LogP contribution in [0.4, 0.5) is 8.78 Å². The van der Waals surface area contributed by atoms with Crippen LogP contribution in [0.5, 0.6) is 0 Å². The highest BCUT2D eigenvalue weighted by Gasteiger charge is 2.26. The van der Waals surface area contributed by atoms with E-state index in [1.165, 1.54) is 12.3 Å². The minimum Gasteiger partial charge on any atom is -0.395 e. The van der Waals surface area contributed by atoms with Gasteiger partial charge in [-0.2, -0.15) is 4.31 Å². The maximum Gasteiger partial charge on any atom is 0.252 e. The maximum atomic E-state index is 12.2. The summed E-state index contributed by atoms with van der Waals surface area (Å²) in [5.41, 5.74) is 0.127. The molecule has 0 aliphatic carbocycles. The molecule has 0 aliphatic heterocycles. The monoisotopic (exact) mass is 270 g/mol. The molecule has 1 rings (SSSR count).